The van der Waals surface area contributed by atoms with Crippen LogP contribution in [-0.2, 0) is 14.4 Å². The minimum atomic E-state index is -0.198. The summed E-state index contributed by atoms with van der Waals surface area (Å²) in [4.78, 5) is 39.8. The van der Waals surface area contributed by atoms with E-state index < -0.39 is 0 Å². The molecule has 2 aliphatic heterocycles. The SMILES string of the molecule is CCN(CC(=O)Nc1ccc2c(c1)OCCO2)CC(=O)NC1CCN(C(C)=O)CC1. The molecule has 0 aromatic heterocycles. The second-order valence-corrected chi connectivity index (χ2v) is 7.56. The molecule has 0 radical (unpaired) electrons. The number of rotatable bonds is 7. The fraction of sp³-hybridized carbons (Fsp3) is 0.571. The van der Waals surface area contributed by atoms with Crippen LogP contribution in [0.1, 0.15) is 26.7 Å². The van der Waals surface area contributed by atoms with Gasteiger partial charge >= 0.3 is 0 Å². The number of nitrogens with zero attached hydrogens (tertiary/aromatic N) is 2. The number of hydrogen-bond acceptors (Lipinski definition) is 6. The van der Waals surface area contributed by atoms with Crippen LogP contribution in [0.5, 0.6) is 11.5 Å². The van der Waals surface area contributed by atoms with Gasteiger partial charge in [0, 0.05) is 37.8 Å². The Hall–Kier alpha value is -2.81. The first kappa shape index (κ1) is 21.9. The van der Waals surface area contributed by atoms with E-state index in [2.05, 4.69) is 10.6 Å². The smallest absolute Gasteiger partial charge is 0.238 e. The van der Waals surface area contributed by atoms with Crippen molar-refractivity contribution in [3.05, 3.63) is 18.2 Å². The molecule has 1 fully saturated rings. The van der Waals surface area contributed by atoms with Gasteiger partial charge in [-0.3, -0.25) is 19.3 Å². The number of anilines is 1. The highest BCUT2D eigenvalue weighted by molar-refractivity contribution is 5.93. The number of carbonyl (C=O) groups excluding carboxylic acids is 3. The molecule has 164 valence electrons. The third-order valence-corrected chi connectivity index (χ3v) is 5.31. The van der Waals surface area contributed by atoms with Crippen molar-refractivity contribution in [3.63, 3.8) is 0 Å². The number of likely N-dealkylation sites (tertiary alicyclic amines) is 1. The molecule has 30 heavy (non-hydrogen) atoms. The molecular formula is C21H30N4O5. The van der Waals surface area contributed by atoms with Crippen molar-refractivity contribution < 1.29 is 23.9 Å². The average Bonchev–Trinajstić information content (AvgIpc) is 2.73. The molecule has 0 spiro atoms. The Kier molecular flexibility index (Phi) is 7.51. The van der Waals surface area contributed by atoms with Gasteiger partial charge in [-0.15, -0.1) is 0 Å². The molecular weight excluding hydrogens is 388 g/mol. The van der Waals surface area contributed by atoms with Crippen LogP contribution in [0.25, 0.3) is 0 Å². The molecule has 1 aromatic carbocycles. The van der Waals surface area contributed by atoms with Crippen LogP contribution in [0, 0.1) is 0 Å². The number of carbonyl (C=O) groups is 3. The van der Waals surface area contributed by atoms with Gasteiger partial charge in [0.05, 0.1) is 13.1 Å². The van der Waals surface area contributed by atoms with Crippen molar-refractivity contribution >= 4 is 23.4 Å². The highest BCUT2D eigenvalue weighted by Crippen LogP contribution is 2.32. The third-order valence-electron chi connectivity index (χ3n) is 5.31. The minimum absolute atomic E-state index is 0.0679. The van der Waals surface area contributed by atoms with E-state index in [1.807, 2.05) is 6.92 Å². The maximum absolute atomic E-state index is 12.4. The molecule has 2 aliphatic rings. The lowest BCUT2D eigenvalue weighted by Crippen LogP contribution is -2.49. The summed E-state index contributed by atoms with van der Waals surface area (Å²) in [5.74, 6) is 1.05. The van der Waals surface area contributed by atoms with E-state index in [4.69, 9.17) is 9.47 Å². The van der Waals surface area contributed by atoms with E-state index in [0.717, 1.165) is 12.8 Å². The Labute approximate surface area is 176 Å². The van der Waals surface area contributed by atoms with Gasteiger partial charge in [0.15, 0.2) is 11.5 Å². The number of piperidine rings is 1. The Balaban J connectivity index is 1.44. The average molecular weight is 418 g/mol. The summed E-state index contributed by atoms with van der Waals surface area (Å²) in [6, 6.07) is 5.34. The number of benzene rings is 1. The maximum Gasteiger partial charge on any atom is 0.238 e. The van der Waals surface area contributed by atoms with Crippen molar-refractivity contribution in [2.45, 2.75) is 32.7 Å². The number of fused-ring (bicyclic) bond motifs is 1. The van der Waals surface area contributed by atoms with E-state index >= 15 is 0 Å². The predicted octanol–water partition coefficient (Wildman–Crippen LogP) is 0.845. The van der Waals surface area contributed by atoms with Gasteiger partial charge in [0.25, 0.3) is 0 Å². The lowest BCUT2D eigenvalue weighted by Gasteiger charge is -2.32. The van der Waals surface area contributed by atoms with Crippen molar-refractivity contribution in [3.8, 4) is 11.5 Å². The summed E-state index contributed by atoms with van der Waals surface area (Å²) in [6.07, 6.45) is 1.50. The molecule has 3 rings (SSSR count). The van der Waals surface area contributed by atoms with Crippen molar-refractivity contribution in [1.29, 1.82) is 0 Å². The van der Waals surface area contributed by atoms with Gasteiger partial charge < -0.3 is 25.0 Å². The Morgan fingerprint density at radius 1 is 1.07 bits per heavy atom. The van der Waals surface area contributed by atoms with Gasteiger partial charge in [-0.05, 0) is 31.5 Å². The van der Waals surface area contributed by atoms with Gasteiger partial charge in [-0.1, -0.05) is 6.92 Å². The summed E-state index contributed by atoms with van der Waals surface area (Å²) < 4.78 is 11.0. The lowest BCUT2D eigenvalue weighted by molar-refractivity contribution is -0.130. The Morgan fingerprint density at radius 2 is 1.73 bits per heavy atom. The van der Waals surface area contributed by atoms with E-state index in [9.17, 15) is 14.4 Å². The van der Waals surface area contributed by atoms with Crippen LogP contribution < -0.4 is 20.1 Å². The second kappa shape index (κ2) is 10.3. The van der Waals surface area contributed by atoms with Crippen LogP contribution in [0.3, 0.4) is 0 Å². The standard InChI is InChI=1S/C21H30N4O5/c1-3-24(13-20(27)22-16-6-8-25(9-7-16)15(2)26)14-21(28)23-17-4-5-18-19(12-17)30-11-10-29-18/h4-5,12,16H,3,6-11,13-14H2,1-2H3,(H,22,27)(H,23,28). The molecule has 0 aliphatic carbocycles. The highest BCUT2D eigenvalue weighted by Gasteiger charge is 2.23. The van der Waals surface area contributed by atoms with Crippen molar-refractivity contribution in [1.82, 2.24) is 15.1 Å². The van der Waals surface area contributed by atoms with E-state index in [1.54, 1.807) is 34.9 Å². The fourth-order valence-corrected chi connectivity index (χ4v) is 3.62. The second-order valence-electron chi connectivity index (χ2n) is 7.56. The number of amides is 3. The van der Waals surface area contributed by atoms with Crippen molar-refractivity contribution in [2.24, 2.45) is 0 Å². The van der Waals surface area contributed by atoms with Crippen LogP contribution in [0.4, 0.5) is 5.69 Å². The van der Waals surface area contributed by atoms with E-state index in [1.165, 1.54) is 0 Å². The fourth-order valence-electron chi connectivity index (χ4n) is 3.62. The maximum atomic E-state index is 12.4. The molecule has 2 N–H and O–H groups in total. The summed E-state index contributed by atoms with van der Waals surface area (Å²) in [5, 5.41) is 5.86. The number of likely N-dealkylation sites (N-methyl/N-ethyl adjacent to an activating group) is 1. The normalized spacial score (nSPS) is 16.3. The van der Waals surface area contributed by atoms with Gasteiger partial charge in [-0.25, -0.2) is 0 Å². The number of ether oxygens (including phenoxy) is 2. The monoisotopic (exact) mass is 418 g/mol. The van der Waals surface area contributed by atoms with E-state index in [-0.39, 0.29) is 36.9 Å². The first-order valence-corrected chi connectivity index (χ1v) is 10.4. The summed E-state index contributed by atoms with van der Waals surface area (Å²) in [5.41, 5.74) is 0.627. The summed E-state index contributed by atoms with van der Waals surface area (Å²) >= 11 is 0. The van der Waals surface area contributed by atoms with Gasteiger partial charge in [0.1, 0.15) is 13.2 Å². The zero-order valence-electron chi connectivity index (χ0n) is 17.6. The Bertz CT molecular complexity index is 777. The molecule has 1 aromatic rings. The van der Waals surface area contributed by atoms with Gasteiger partial charge in [-0.2, -0.15) is 0 Å². The highest BCUT2D eigenvalue weighted by atomic mass is 16.6. The molecule has 0 atom stereocenters. The van der Waals surface area contributed by atoms with Crippen LogP contribution >= 0.6 is 0 Å². The minimum Gasteiger partial charge on any atom is -0.486 e. The molecule has 0 bridgehead atoms. The molecule has 0 unspecified atom stereocenters. The molecule has 9 nitrogen and oxygen atoms in total. The first-order valence-electron chi connectivity index (χ1n) is 10.4. The zero-order valence-corrected chi connectivity index (χ0v) is 17.6. The number of nitrogens with one attached hydrogen (secondary N) is 2. The zero-order chi connectivity index (χ0) is 21.5. The van der Waals surface area contributed by atoms with Crippen LogP contribution in [-0.4, -0.2) is 79.5 Å². The lowest BCUT2D eigenvalue weighted by atomic mass is 10.1. The quantitative estimate of drug-likeness (QED) is 0.681. The van der Waals surface area contributed by atoms with Crippen LogP contribution in [0.15, 0.2) is 18.2 Å². The van der Waals surface area contributed by atoms with Gasteiger partial charge in [0.2, 0.25) is 17.7 Å². The predicted molar refractivity (Wildman–Crippen MR) is 112 cm³/mol. The molecule has 2 heterocycles. The Morgan fingerprint density at radius 3 is 2.40 bits per heavy atom. The third kappa shape index (κ3) is 6.09. The summed E-state index contributed by atoms with van der Waals surface area (Å²) in [7, 11) is 0. The van der Waals surface area contributed by atoms with E-state index in [0.29, 0.717) is 50.0 Å². The largest absolute Gasteiger partial charge is 0.486 e. The van der Waals surface area contributed by atoms with Crippen molar-refractivity contribution in [2.75, 3.05) is 51.3 Å². The molecule has 0 saturated carbocycles. The number of hydrogen-bond donors (Lipinski definition) is 2. The topological polar surface area (TPSA) is 100 Å². The molecule has 3 amide bonds. The van der Waals surface area contributed by atoms with Crippen LogP contribution in [0.2, 0.25) is 0 Å². The molecule has 1 saturated heterocycles. The molecule has 9 heteroatoms. The summed E-state index contributed by atoms with van der Waals surface area (Å²) in [6.45, 7) is 6.64. The first-order chi connectivity index (χ1) is 14.4.